The Hall–Kier alpha value is -0.130. The lowest BCUT2D eigenvalue weighted by Gasteiger charge is -2.29. The second-order valence-corrected chi connectivity index (χ2v) is 6.74. The lowest BCUT2D eigenvalue weighted by Crippen LogP contribution is -2.44. The molecule has 0 aromatic carbocycles. The van der Waals surface area contributed by atoms with Gasteiger partial charge in [0, 0.05) is 12.9 Å². The molecule has 14 heavy (non-hydrogen) atoms. The van der Waals surface area contributed by atoms with Gasteiger partial charge in [-0.05, 0) is 24.7 Å². The number of hydrogen-bond acceptors (Lipinski definition) is 4. The summed E-state index contributed by atoms with van der Waals surface area (Å²) in [5.41, 5.74) is 0. The van der Waals surface area contributed by atoms with Crippen molar-refractivity contribution >= 4 is 9.84 Å². The van der Waals surface area contributed by atoms with Crippen molar-refractivity contribution in [2.24, 2.45) is 11.8 Å². The van der Waals surface area contributed by atoms with E-state index in [0.29, 0.717) is 12.8 Å². The van der Waals surface area contributed by atoms with Gasteiger partial charge in [0.1, 0.15) is 0 Å². The third-order valence-electron chi connectivity index (χ3n) is 3.48. The molecule has 1 rings (SSSR count). The molecule has 0 unspecified atom stereocenters. The minimum Gasteiger partial charge on any atom is -0.396 e. The number of aliphatic hydroxyl groups is 2. The second-order valence-electron chi connectivity index (χ2n) is 4.38. The van der Waals surface area contributed by atoms with Crippen LogP contribution in [0.25, 0.3) is 0 Å². The van der Waals surface area contributed by atoms with E-state index >= 15 is 0 Å². The summed E-state index contributed by atoms with van der Waals surface area (Å²) >= 11 is 0. The molecule has 0 bridgehead atoms. The molecule has 5 heteroatoms. The first-order valence-corrected chi connectivity index (χ1v) is 6.68. The third kappa shape index (κ3) is 1.68. The molecule has 4 nitrogen and oxygen atoms in total. The fraction of sp³-hybridized carbons (Fsp3) is 1.00. The Labute approximate surface area is 84.9 Å². The van der Waals surface area contributed by atoms with Gasteiger partial charge < -0.3 is 10.2 Å². The molecule has 0 heterocycles. The molecule has 0 radical (unpaired) electrons. The molecule has 1 fully saturated rings. The summed E-state index contributed by atoms with van der Waals surface area (Å²) in [7, 11) is -3.27. The monoisotopic (exact) mass is 222 g/mol. The van der Waals surface area contributed by atoms with Gasteiger partial charge in [-0.1, -0.05) is 6.92 Å². The van der Waals surface area contributed by atoms with Gasteiger partial charge in [0.15, 0.2) is 9.84 Å². The molecular weight excluding hydrogens is 204 g/mol. The zero-order valence-electron chi connectivity index (χ0n) is 8.60. The van der Waals surface area contributed by atoms with Crippen LogP contribution < -0.4 is 0 Å². The fourth-order valence-electron chi connectivity index (χ4n) is 2.48. The third-order valence-corrected chi connectivity index (χ3v) is 5.66. The molecule has 1 aliphatic rings. The molecule has 0 aromatic rings. The second kappa shape index (κ2) is 3.79. The Morgan fingerprint density at radius 2 is 2.00 bits per heavy atom. The first-order chi connectivity index (χ1) is 6.37. The summed E-state index contributed by atoms with van der Waals surface area (Å²) in [5.74, 6) is -0.0773. The van der Waals surface area contributed by atoms with E-state index in [4.69, 9.17) is 5.11 Å². The first-order valence-electron chi connectivity index (χ1n) is 4.78. The summed E-state index contributed by atoms with van der Waals surface area (Å²) in [6, 6.07) is 0. The number of aliphatic hydroxyl groups excluding tert-OH is 2. The maximum atomic E-state index is 11.6. The van der Waals surface area contributed by atoms with Crippen LogP contribution in [0.2, 0.25) is 0 Å². The van der Waals surface area contributed by atoms with Crippen LogP contribution in [0.15, 0.2) is 0 Å². The van der Waals surface area contributed by atoms with Crippen molar-refractivity contribution in [2.75, 3.05) is 19.5 Å². The Morgan fingerprint density at radius 1 is 1.43 bits per heavy atom. The van der Waals surface area contributed by atoms with Gasteiger partial charge in [0.2, 0.25) is 0 Å². The van der Waals surface area contributed by atoms with E-state index in [-0.39, 0.29) is 25.0 Å². The average molecular weight is 222 g/mol. The van der Waals surface area contributed by atoms with Crippen molar-refractivity contribution < 1.29 is 18.6 Å². The fourth-order valence-corrected chi connectivity index (χ4v) is 4.08. The Balaban J connectivity index is 3.03. The standard InChI is InChI=1S/C9H18O4S/c1-7-3-8(5-10)4-9(7,6-11)14(2,12)13/h7-8,10-11H,3-6H2,1-2H3/t7-,8+,9-/m0/s1. The molecule has 0 saturated heterocycles. The molecule has 1 saturated carbocycles. The van der Waals surface area contributed by atoms with Gasteiger partial charge in [-0.15, -0.1) is 0 Å². The molecule has 0 aromatic heterocycles. The minimum atomic E-state index is -3.27. The van der Waals surface area contributed by atoms with Crippen LogP contribution in [0.3, 0.4) is 0 Å². The van der Waals surface area contributed by atoms with E-state index in [9.17, 15) is 13.5 Å². The molecule has 0 amide bonds. The largest absolute Gasteiger partial charge is 0.396 e. The summed E-state index contributed by atoms with van der Waals surface area (Å²) in [5, 5.41) is 18.3. The van der Waals surface area contributed by atoms with Crippen LogP contribution >= 0.6 is 0 Å². The Kier molecular flexibility index (Phi) is 3.23. The molecular formula is C9H18O4S. The SMILES string of the molecule is C[C@H]1C[C@@H](CO)C[C@@]1(CO)S(C)(=O)=O. The van der Waals surface area contributed by atoms with Crippen molar-refractivity contribution in [1.29, 1.82) is 0 Å². The average Bonchev–Trinajstić information content (AvgIpc) is 2.42. The summed E-state index contributed by atoms with van der Waals surface area (Å²) < 4.78 is 22.2. The topological polar surface area (TPSA) is 74.6 Å². The van der Waals surface area contributed by atoms with Gasteiger partial charge in [0.05, 0.1) is 11.4 Å². The summed E-state index contributed by atoms with van der Waals surface area (Å²) in [4.78, 5) is 0. The van der Waals surface area contributed by atoms with Crippen LogP contribution in [0.5, 0.6) is 0 Å². The van der Waals surface area contributed by atoms with Crippen LogP contribution in [0.1, 0.15) is 19.8 Å². The number of rotatable bonds is 3. The number of sulfone groups is 1. The van der Waals surface area contributed by atoms with E-state index in [1.165, 1.54) is 6.26 Å². The van der Waals surface area contributed by atoms with E-state index in [1.54, 1.807) is 0 Å². The molecule has 2 N–H and O–H groups in total. The maximum Gasteiger partial charge on any atom is 0.155 e. The zero-order chi connectivity index (χ0) is 11.0. The van der Waals surface area contributed by atoms with Crippen LogP contribution in [0.4, 0.5) is 0 Å². The zero-order valence-corrected chi connectivity index (χ0v) is 9.42. The maximum absolute atomic E-state index is 11.6. The Bertz CT molecular complexity index is 298. The lowest BCUT2D eigenvalue weighted by atomic mass is 9.98. The predicted molar refractivity (Wildman–Crippen MR) is 53.6 cm³/mol. The quantitative estimate of drug-likeness (QED) is 0.693. The van der Waals surface area contributed by atoms with E-state index in [0.717, 1.165) is 0 Å². The van der Waals surface area contributed by atoms with E-state index in [2.05, 4.69) is 0 Å². The normalized spacial score (nSPS) is 38.9. The lowest BCUT2D eigenvalue weighted by molar-refractivity contribution is 0.205. The van der Waals surface area contributed by atoms with Crippen molar-refractivity contribution in [3.8, 4) is 0 Å². The highest BCUT2D eigenvalue weighted by atomic mass is 32.2. The Morgan fingerprint density at radius 3 is 2.21 bits per heavy atom. The molecule has 0 spiro atoms. The van der Waals surface area contributed by atoms with Gasteiger partial charge in [-0.25, -0.2) is 8.42 Å². The van der Waals surface area contributed by atoms with E-state index in [1.807, 2.05) is 6.92 Å². The van der Waals surface area contributed by atoms with Crippen LogP contribution in [-0.4, -0.2) is 42.8 Å². The van der Waals surface area contributed by atoms with Crippen molar-refractivity contribution in [3.05, 3.63) is 0 Å². The molecule has 0 aliphatic heterocycles. The van der Waals surface area contributed by atoms with Crippen molar-refractivity contribution in [3.63, 3.8) is 0 Å². The number of hydrogen-bond donors (Lipinski definition) is 2. The van der Waals surface area contributed by atoms with Gasteiger partial charge in [0.25, 0.3) is 0 Å². The van der Waals surface area contributed by atoms with E-state index < -0.39 is 14.6 Å². The minimum absolute atomic E-state index is 0.00160. The summed E-state index contributed by atoms with van der Waals surface area (Å²) in [6.45, 7) is 1.48. The van der Waals surface area contributed by atoms with Gasteiger partial charge in [-0.2, -0.15) is 0 Å². The predicted octanol–water partition coefficient (Wildman–Crippen LogP) is -0.200. The van der Waals surface area contributed by atoms with Crippen LogP contribution in [-0.2, 0) is 9.84 Å². The molecule has 3 atom stereocenters. The highest BCUT2D eigenvalue weighted by Gasteiger charge is 2.51. The first kappa shape index (κ1) is 11.9. The molecule has 1 aliphatic carbocycles. The highest BCUT2D eigenvalue weighted by Crippen LogP contribution is 2.44. The van der Waals surface area contributed by atoms with Crippen molar-refractivity contribution in [1.82, 2.24) is 0 Å². The molecule has 84 valence electrons. The summed E-state index contributed by atoms with van der Waals surface area (Å²) in [6.07, 6.45) is 2.21. The van der Waals surface area contributed by atoms with Gasteiger partial charge >= 0.3 is 0 Å². The van der Waals surface area contributed by atoms with Crippen molar-refractivity contribution in [2.45, 2.75) is 24.5 Å². The van der Waals surface area contributed by atoms with Gasteiger partial charge in [-0.3, -0.25) is 0 Å². The smallest absolute Gasteiger partial charge is 0.155 e. The highest BCUT2D eigenvalue weighted by molar-refractivity contribution is 7.92. The van der Waals surface area contributed by atoms with Crippen LogP contribution in [0, 0.1) is 11.8 Å².